The molecule has 1 saturated carbocycles. The first-order chi connectivity index (χ1) is 13.9. The SMILES string of the molecule is C[n+]1cccc(N(CCCCCC2CCCCC2)c2ccc(C(F)(F)F)cc2)c1.[I-]. The molecule has 1 aromatic carbocycles. The van der Waals surface area contributed by atoms with Gasteiger partial charge in [0, 0.05) is 18.3 Å². The van der Waals surface area contributed by atoms with Crippen LogP contribution in [0.5, 0.6) is 0 Å². The van der Waals surface area contributed by atoms with Gasteiger partial charge in [-0.25, -0.2) is 4.57 Å². The number of unbranched alkanes of at least 4 members (excludes halogenated alkanes) is 2. The van der Waals surface area contributed by atoms with Crippen molar-refractivity contribution in [3.8, 4) is 0 Å². The largest absolute Gasteiger partial charge is 1.00 e. The van der Waals surface area contributed by atoms with Crippen molar-refractivity contribution >= 4 is 11.4 Å². The summed E-state index contributed by atoms with van der Waals surface area (Å²) in [5.74, 6) is 0.905. The van der Waals surface area contributed by atoms with Crippen LogP contribution in [-0.4, -0.2) is 6.54 Å². The van der Waals surface area contributed by atoms with E-state index in [1.165, 1.54) is 57.1 Å². The first kappa shape index (κ1) is 25.0. The van der Waals surface area contributed by atoms with Gasteiger partial charge in [0.2, 0.25) is 0 Å². The normalized spacial score (nSPS) is 14.9. The van der Waals surface area contributed by atoms with E-state index in [1.807, 2.05) is 36.1 Å². The maximum Gasteiger partial charge on any atom is 0.416 e. The van der Waals surface area contributed by atoms with E-state index in [9.17, 15) is 13.2 Å². The molecule has 0 unspecified atom stereocenters. The summed E-state index contributed by atoms with van der Waals surface area (Å²) in [6, 6.07) is 9.49. The molecule has 1 aliphatic carbocycles. The summed E-state index contributed by atoms with van der Waals surface area (Å²) >= 11 is 0. The minimum Gasteiger partial charge on any atom is -1.00 e. The molecule has 1 fully saturated rings. The van der Waals surface area contributed by atoms with Crippen molar-refractivity contribution in [2.75, 3.05) is 11.4 Å². The van der Waals surface area contributed by atoms with Gasteiger partial charge < -0.3 is 28.9 Å². The Morgan fingerprint density at radius 3 is 2.27 bits per heavy atom. The molecular formula is C24H32F3IN2. The molecule has 0 spiro atoms. The maximum atomic E-state index is 12.9. The topological polar surface area (TPSA) is 7.12 Å². The predicted octanol–water partition coefficient (Wildman–Crippen LogP) is 3.81. The van der Waals surface area contributed by atoms with Crippen LogP contribution >= 0.6 is 0 Å². The van der Waals surface area contributed by atoms with Gasteiger partial charge in [-0.05, 0) is 42.7 Å². The van der Waals surface area contributed by atoms with Crippen molar-refractivity contribution in [2.45, 2.75) is 64.0 Å². The Hall–Kier alpha value is -1.31. The molecule has 3 rings (SSSR count). The highest BCUT2D eigenvalue weighted by molar-refractivity contribution is 5.62. The average Bonchev–Trinajstić information content (AvgIpc) is 2.71. The zero-order valence-electron chi connectivity index (χ0n) is 17.7. The standard InChI is InChI=1S/C24H32F3N2.HI/c1-28-17-8-12-23(19-28)29(22-15-13-21(14-16-22)24(25,26)27)18-7-3-6-11-20-9-4-2-5-10-20;/h8,12-17,19-20H,2-7,9-11,18H2,1H3;1H/q+1;/p-1. The second-order valence-corrected chi connectivity index (χ2v) is 8.28. The lowest BCUT2D eigenvalue weighted by Crippen LogP contribution is -3.00. The van der Waals surface area contributed by atoms with Gasteiger partial charge in [-0.2, -0.15) is 13.2 Å². The van der Waals surface area contributed by atoms with Gasteiger partial charge in [-0.1, -0.05) is 51.4 Å². The molecule has 30 heavy (non-hydrogen) atoms. The van der Waals surface area contributed by atoms with E-state index < -0.39 is 11.7 Å². The van der Waals surface area contributed by atoms with E-state index >= 15 is 0 Å². The summed E-state index contributed by atoms with van der Waals surface area (Å²) in [5.41, 5.74) is 1.20. The second kappa shape index (κ2) is 11.9. The van der Waals surface area contributed by atoms with E-state index in [1.54, 1.807) is 12.1 Å². The van der Waals surface area contributed by atoms with Crippen LogP contribution in [0.1, 0.15) is 63.4 Å². The molecule has 0 amide bonds. The van der Waals surface area contributed by atoms with Crippen molar-refractivity contribution in [1.82, 2.24) is 0 Å². The molecule has 0 saturated heterocycles. The zero-order valence-corrected chi connectivity index (χ0v) is 19.8. The molecule has 0 radical (unpaired) electrons. The fourth-order valence-electron chi connectivity index (χ4n) is 4.32. The van der Waals surface area contributed by atoms with Gasteiger partial charge in [0.05, 0.1) is 5.56 Å². The number of nitrogens with zero attached hydrogens (tertiary/aromatic N) is 2. The van der Waals surface area contributed by atoms with E-state index in [0.29, 0.717) is 0 Å². The van der Waals surface area contributed by atoms with Crippen LogP contribution < -0.4 is 33.4 Å². The van der Waals surface area contributed by atoms with Crippen LogP contribution in [0.4, 0.5) is 24.5 Å². The summed E-state index contributed by atoms with van der Waals surface area (Å²) in [5, 5.41) is 0. The van der Waals surface area contributed by atoms with E-state index in [-0.39, 0.29) is 24.0 Å². The van der Waals surface area contributed by atoms with Gasteiger partial charge in [0.25, 0.3) is 0 Å². The summed E-state index contributed by atoms with van der Waals surface area (Å²) in [4.78, 5) is 2.13. The Morgan fingerprint density at radius 2 is 1.63 bits per heavy atom. The van der Waals surface area contributed by atoms with Crippen LogP contribution in [0.3, 0.4) is 0 Å². The number of rotatable bonds is 8. The average molecular weight is 532 g/mol. The molecule has 2 nitrogen and oxygen atoms in total. The number of anilines is 2. The van der Waals surface area contributed by atoms with Crippen LogP contribution in [-0.2, 0) is 13.2 Å². The number of pyridine rings is 1. The number of halogens is 4. The molecule has 1 aliphatic rings. The molecule has 1 aromatic heterocycles. The summed E-state index contributed by atoms with van der Waals surface area (Å²) in [6.07, 6.45) is 11.4. The number of alkyl halides is 3. The first-order valence-electron chi connectivity index (χ1n) is 10.8. The van der Waals surface area contributed by atoms with Gasteiger partial charge in [-0.3, -0.25) is 0 Å². The Balaban J connectivity index is 0.00000320. The number of benzene rings is 1. The third kappa shape index (κ3) is 7.43. The fourth-order valence-corrected chi connectivity index (χ4v) is 4.32. The smallest absolute Gasteiger partial charge is 0.416 e. The molecule has 0 N–H and O–H groups in total. The van der Waals surface area contributed by atoms with Crippen LogP contribution in [0.2, 0.25) is 0 Å². The monoisotopic (exact) mass is 532 g/mol. The number of aryl methyl sites for hydroxylation is 1. The third-order valence-electron chi connectivity index (χ3n) is 5.96. The van der Waals surface area contributed by atoms with Gasteiger partial charge >= 0.3 is 6.18 Å². The number of aromatic nitrogens is 1. The minimum absolute atomic E-state index is 0. The van der Waals surface area contributed by atoms with Gasteiger partial charge in [-0.15, -0.1) is 0 Å². The van der Waals surface area contributed by atoms with Crippen LogP contribution in [0.15, 0.2) is 48.8 Å². The molecule has 166 valence electrons. The second-order valence-electron chi connectivity index (χ2n) is 8.28. The lowest BCUT2D eigenvalue weighted by molar-refractivity contribution is -0.670. The van der Waals surface area contributed by atoms with E-state index in [0.717, 1.165) is 36.7 Å². The lowest BCUT2D eigenvalue weighted by atomic mass is 9.85. The summed E-state index contributed by atoms with van der Waals surface area (Å²) in [7, 11) is 1.96. The van der Waals surface area contributed by atoms with Crippen LogP contribution in [0.25, 0.3) is 0 Å². The Bertz CT molecular complexity index is 756. The number of hydrogen-bond acceptors (Lipinski definition) is 1. The predicted molar refractivity (Wildman–Crippen MR) is 111 cm³/mol. The highest BCUT2D eigenvalue weighted by Gasteiger charge is 2.30. The van der Waals surface area contributed by atoms with E-state index in [4.69, 9.17) is 0 Å². The molecule has 1 heterocycles. The zero-order chi connectivity index (χ0) is 20.7. The van der Waals surface area contributed by atoms with Crippen molar-refractivity contribution in [2.24, 2.45) is 13.0 Å². The van der Waals surface area contributed by atoms with Crippen molar-refractivity contribution in [3.05, 3.63) is 54.4 Å². The molecule has 6 heteroatoms. The lowest BCUT2D eigenvalue weighted by Gasteiger charge is -2.25. The minimum atomic E-state index is -4.30. The quantitative estimate of drug-likeness (QED) is 0.285. The van der Waals surface area contributed by atoms with Crippen LogP contribution in [0, 0.1) is 5.92 Å². The summed E-state index contributed by atoms with van der Waals surface area (Å²) < 4.78 is 40.7. The van der Waals surface area contributed by atoms with Crippen molar-refractivity contribution in [3.63, 3.8) is 0 Å². The molecule has 0 aliphatic heterocycles. The fraction of sp³-hybridized carbons (Fsp3) is 0.542. The first-order valence-corrected chi connectivity index (χ1v) is 10.8. The van der Waals surface area contributed by atoms with E-state index in [2.05, 4.69) is 4.90 Å². The molecular weight excluding hydrogens is 500 g/mol. The molecule has 0 atom stereocenters. The molecule has 0 bridgehead atoms. The third-order valence-corrected chi connectivity index (χ3v) is 5.96. The highest BCUT2D eigenvalue weighted by atomic mass is 127. The number of hydrogen-bond donors (Lipinski definition) is 0. The van der Waals surface area contributed by atoms with Gasteiger partial charge in [0.15, 0.2) is 12.4 Å². The molecule has 2 aromatic rings. The van der Waals surface area contributed by atoms with Crippen molar-refractivity contribution < 1.29 is 41.7 Å². The van der Waals surface area contributed by atoms with Gasteiger partial charge in [0.1, 0.15) is 12.7 Å². The van der Waals surface area contributed by atoms with Crippen molar-refractivity contribution in [1.29, 1.82) is 0 Å². The Kier molecular flexibility index (Phi) is 9.91. The highest BCUT2D eigenvalue weighted by Crippen LogP contribution is 2.32. The summed E-state index contributed by atoms with van der Waals surface area (Å²) in [6.45, 7) is 0.806. The Labute approximate surface area is 195 Å². The maximum absolute atomic E-state index is 12.9. The Morgan fingerprint density at radius 1 is 0.933 bits per heavy atom.